The molecule has 2 N–H and O–H groups in total. The Kier molecular flexibility index (Phi) is 5.77. The lowest BCUT2D eigenvalue weighted by atomic mass is 9.98. The Hall–Kier alpha value is -0.570. The van der Waals surface area contributed by atoms with Gasteiger partial charge >= 0.3 is 0 Å². The van der Waals surface area contributed by atoms with Crippen LogP contribution in [-0.2, 0) is 4.79 Å². The average Bonchev–Trinajstić information content (AvgIpc) is 1.99. The molecule has 0 saturated heterocycles. The molecular weight excluding hydrogens is 178 g/mol. The first-order chi connectivity index (χ1) is 6.37. The molecule has 0 bridgehead atoms. The molecule has 1 atom stereocenters. The third-order valence-electron chi connectivity index (χ3n) is 2.14. The highest BCUT2D eigenvalue weighted by atomic mass is 16.3. The van der Waals surface area contributed by atoms with Crippen molar-refractivity contribution in [1.29, 1.82) is 0 Å². The molecule has 0 fully saturated rings. The topological polar surface area (TPSA) is 49.3 Å². The Morgan fingerprint density at radius 1 is 1.50 bits per heavy atom. The third kappa shape index (κ3) is 6.89. The van der Waals surface area contributed by atoms with Crippen LogP contribution >= 0.6 is 0 Å². The predicted octanol–water partition coefficient (Wildman–Crippen LogP) is 1.84. The van der Waals surface area contributed by atoms with E-state index in [4.69, 9.17) is 5.11 Å². The highest BCUT2D eigenvalue weighted by Crippen LogP contribution is 2.11. The van der Waals surface area contributed by atoms with Gasteiger partial charge < -0.3 is 10.4 Å². The third-order valence-corrected chi connectivity index (χ3v) is 2.14. The molecule has 3 nitrogen and oxygen atoms in total. The summed E-state index contributed by atoms with van der Waals surface area (Å²) in [5.74, 6) is 0.0318. The normalized spacial score (nSPS) is 13.8. The molecule has 0 saturated carbocycles. The summed E-state index contributed by atoms with van der Waals surface area (Å²) < 4.78 is 0. The van der Waals surface area contributed by atoms with Gasteiger partial charge in [0, 0.05) is 12.0 Å². The van der Waals surface area contributed by atoms with E-state index < -0.39 is 6.10 Å². The number of amides is 1. The van der Waals surface area contributed by atoms with E-state index in [1.54, 1.807) is 6.92 Å². The van der Waals surface area contributed by atoms with Crippen LogP contribution in [0.2, 0.25) is 0 Å². The molecule has 0 spiro atoms. The molecule has 0 rings (SSSR count). The van der Waals surface area contributed by atoms with Crippen LogP contribution in [0, 0.1) is 0 Å². The van der Waals surface area contributed by atoms with Crippen LogP contribution in [0.1, 0.15) is 53.4 Å². The summed E-state index contributed by atoms with van der Waals surface area (Å²) >= 11 is 0. The first-order valence-electron chi connectivity index (χ1n) is 5.36. The van der Waals surface area contributed by atoms with Crippen molar-refractivity contribution in [3.8, 4) is 0 Å². The summed E-state index contributed by atoms with van der Waals surface area (Å²) in [5, 5.41) is 12.0. The van der Waals surface area contributed by atoms with Gasteiger partial charge in [0.15, 0.2) is 0 Å². The summed E-state index contributed by atoms with van der Waals surface area (Å²) in [7, 11) is 0. The van der Waals surface area contributed by atoms with E-state index in [0.717, 1.165) is 12.8 Å². The average molecular weight is 201 g/mol. The van der Waals surface area contributed by atoms with Crippen molar-refractivity contribution in [1.82, 2.24) is 5.32 Å². The number of nitrogens with one attached hydrogen (secondary N) is 1. The first kappa shape index (κ1) is 13.4. The summed E-state index contributed by atoms with van der Waals surface area (Å²) in [5.41, 5.74) is -0.121. The smallest absolute Gasteiger partial charge is 0.220 e. The van der Waals surface area contributed by atoms with Crippen molar-refractivity contribution < 1.29 is 9.90 Å². The van der Waals surface area contributed by atoms with Gasteiger partial charge in [0.05, 0.1) is 6.10 Å². The molecular formula is C11H23NO2. The Balaban J connectivity index is 3.81. The SMILES string of the molecule is CCCC(C)(C)NC(=O)CCC(C)O. The summed E-state index contributed by atoms with van der Waals surface area (Å²) in [6, 6.07) is 0. The zero-order valence-electron chi connectivity index (χ0n) is 9.76. The Labute approximate surface area is 86.9 Å². The molecule has 0 heterocycles. The molecule has 14 heavy (non-hydrogen) atoms. The van der Waals surface area contributed by atoms with Crippen LogP contribution < -0.4 is 5.32 Å². The van der Waals surface area contributed by atoms with E-state index in [9.17, 15) is 4.79 Å². The first-order valence-corrected chi connectivity index (χ1v) is 5.36. The zero-order valence-corrected chi connectivity index (χ0v) is 9.76. The fourth-order valence-corrected chi connectivity index (χ4v) is 1.47. The summed E-state index contributed by atoms with van der Waals surface area (Å²) in [6.45, 7) is 7.85. The van der Waals surface area contributed by atoms with Gasteiger partial charge in [0.1, 0.15) is 0 Å². The van der Waals surface area contributed by atoms with Gasteiger partial charge in [-0.15, -0.1) is 0 Å². The van der Waals surface area contributed by atoms with Gasteiger partial charge in [0.2, 0.25) is 5.91 Å². The van der Waals surface area contributed by atoms with E-state index in [2.05, 4.69) is 12.2 Å². The Morgan fingerprint density at radius 2 is 2.07 bits per heavy atom. The van der Waals surface area contributed by atoms with Crippen molar-refractivity contribution >= 4 is 5.91 Å². The maximum Gasteiger partial charge on any atom is 0.220 e. The van der Waals surface area contributed by atoms with Crippen LogP contribution in [0.5, 0.6) is 0 Å². The molecule has 1 amide bonds. The predicted molar refractivity (Wildman–Crippen MR) is 58.0 cm³/mol. The number of hydrogen-bond donors (Lipinski definition) is 2. The lowest BCUT2D eigenvalue weighted by Gasteiger charge is -2.25. The molecule has 0 aromatic rings. The van der Waals surface area contributed by atoms with Crippen LogP contribution in [0.15, 0.2) is 0 Å². The van der Waals surface area contributed by atoms with Crippen molar-refractivity contribution in [2.75, 3.05) is 0 Å². The second-order valence-corrected chi connectivity index (χ2v) is 4.57. The highest BCUT2D eigenvalue weighted by Gasteiger charge is 2.18. The number of carbonyl (C=O) groups is 1. The quantitative estimate of drug-likeness (QED) is 0.689. The van der Waals surface area contributed by atoms with E-state index in [0.29, 0.717) is 12.8 Å². The van der Waals surface area contributed by atoms with Crippen LogP contribution in [0.25, 0.3) is 0 Å². The van der Waals surface area contributed by atoms with E-state index in [-0.39, 0.29) is 11.4 Å². The van der Waals surface area contributed by atoms with Gasteiger partial charge in [-0.1, -0.05) is 13.3 Å². The largest absolute Gasteiger partial charge is 0.393 e. The monoisotopic (exact) mass is 201 g/mol. The lowest BCUT2D eigenvalue weighted by Crippen LogP contribution is -2.43. The maximum absolute atomic E-state index is 11.4. The van der Waals surface area contributed by atoms with E-state index in [1.807, 2.05) is 13.8 Å². The molecule has 0 aromatic heterocycles. The summed E-state index contributed by atoms with van der Waals surface area (Å²) in [6.07, 6.45) is 2.59. The zero-order chi connectivity index (χ0) is 11.2. The maximum atomic E-state index is 11.4. The minimum atomic E-state index is -0.393. The lowest BCUT2D eigenvalue weighted by molar-refractivity contribution is -0.123. The second-order valence-electron chi connectivity index (χ2n) is 4.57. The van der Waals surface area contributed by atoms with Gasteiger partial charge in [-0.25, -0.2) is 0 Å². The number of aliphatic hydroxyl groups excluding tert-OH is 1. The van der Waals surface area contributed by atoms with Gasteiger partial charge in [-0.3, -0.25) is 4.79 Å². The molecule has 1 unspecified atom stereocenters. The van der Waals surface area contributed by atoms with Crippen LogP contribution in [-0.4, -0.2) is 22.7 Å². The number of aliphatic hydroxyl groups is 1. The molecule has 3 heteroatoms. The van der Waals surface area contributed by atoms with Gasteiger partial charge in [0.25, 0.3) is 0 Å². The number of hydrogen-bond acceptors (Lipinski definition) is 2. The van der Waals surface area contributed by atoms with Crippen LogP contribution in [0.3, 0.4) is 0 Å². The fourth-order valence-electron chi connectivity index (χ4n) is 1.47. The fraction of sp³-hybridized carbons (Fsp3) is 0.909. The molecule has 0 aromatic carbocycles. The minimum absolute atomic E-state index is 0.0318. The van der Waals surface area contributed by atoms with E-state index in [1.165, 1.54) is 0 Å². The number of carbonyl (C=O) groups excluding carboxylic acids is 1. The molecule has 0 aliphatic rings. The van der Waals surface area contributed by atoms with Crippen molar-refractivity contribution in [3.63, 3.8) is 0 Å². The highest BCUT2D eigenvalue weighted by molar-refractivity contribution is 5.76. The minimum Gasteiger partial charge on any atom is -0.393 e. The van der Waals surface area contributed by atoms with Gasteiger partial charge in [-0.05, 0) is 33.6 Å². The van der Waals surface area contributed by atoms with Crippen molar-refractivity contribution in [2.45, 2.75) is 65.0 Å². The molecule has 84 valence electrons. The molecule has 0 radical (unpaired) electrons. The van der Waals surface area contributed by atoms with Crippen molar-refractivity contribution in [2.24, 2.45) is 0 Å². The van der Waals surface area contributed by atoms with Gasteiger partial charge in [-0.2, -0.15) is 0 Å². The van der Waals surface area contributed by atoms with E-state index >= 15 is 0 Å². The number of rotatable bonds is 6. The Morgan fingerprint density at radius 3 is 2.50 bits per heavy atom. The second kappa shape index (κ2) is 6.02. The summed E-state index contributed by atoms with van der Waals surface area (Å²) in [4.78, 5) is 11.4. The molecule has 0 aliphatic carbocycles. The van der Waals surface area contributed by atoms with Crippen LogP contribution in [0.4, 0.5) is 0 Å². The molecule has 0 aliphatic heterocycles. The standard InChI is InChI=1S/C11H23NO2/c1-5-8-11(3,4)12-10(14)7-6-9(2)13/h9,13H,5-8H2,1-4H3,(H,12,14). The van der Waals surface area contributed by atoms with Crippen molar-refractivity contribution in [3.05, 3.63) is 0 Å². The Bertz CT molecular complexity index is 176.